The van der Waals surface area contributed by atoms with Gasteiger partial charge in [0.2, 0.25) is 0 Å². The number of hydrogen-bond donors (Lipinski definition) is 0. The van der Waals surface area contributed by atoms with Crippen LogP contribution >= 0.6 is 0 Å². The monoisotopic (exact) mass is 299 g/mol. The van der Waals surface area contributed by atoms with Gasteiger partial charge < -0.3 is 0 Å². The van der Waals surface area contributed by atoms with Crippen LogP contribution in [0.15, 0.2) is 52.3 Å². The molecule has 0 fully saturated rings. The number of rotatable bonds is 3. The molecule has 1 aromatic heterocycles. The molecule has 0 unspecified atom stereocenters. The Morgan fingerprint density at radius 1 is 1.05 bits per heavy atom. The number of benzene rings is 1. The third kappa shape index (κ3) is 2.93. The van der Waals surface area contributed by atoms with Crippen molar-refractivity contribution in [2.75, 3.05) is 6.26 Å². The van der Waals surface area contributed by atoms with Crippen molar-refractivity contribution < 1.29 is 17.2 Å². The predicted molar refractivity (Wildman–Crippen MR) is 70.1 cm³/mol. The maximum atomic E-state index is 12.6. The van der Waals surface area contributed by atoms with E-state index in [9.17, 15) is 22.0 Å². The maximum Gasteiger partial charge on any atom is 0.265 e. The first-order chi connectivity index (χ1) is 9.29. The van der Waals surface area contributed by atoms with Crippen LogP contribution in [0.5, 0.6) is 0 Å². The number of sulfone groups is 1. The van der Waals surface area contributed by atoms with Crippen LogP contribution in [0.25, 0.3) is 5.69 Å². The van der Waals surface area contributed by atoms with Gasteiger partial charge in [-0.1, -0.05) is 0 Å². The van der Waals surface area contributed by atoms with Crippen LogP contribution in [-0.4, -0.2) is 19.2 Å². The van der Waals surface area contributed by atoms with Crippen LogP contribution < -0.4 is 5.56 Å². The standard InChI is InChI=1S/C13H11F2NO3S/c1-20(18,19)11-5-3-10(4-6-11)16-8-9(13(14)15)2-7-12(16)17/h2-8,13H,1H3. The zero-order valence-electron chi connectivity index (χ0n) is 10.5. The molecule has 2 rings (SSSR count). The second-order valence-corrected chi connectivity index (χ2v) is 6.25. The van der Waals surface area contributed by atoms with Crippen molar-refractivity contribution in [1.82, 2.24) is 4.57 Å². The first-order valence-corrected chi connectivity index (χ1v) is 7.49. The molecule has 20 heavy (non-hydrogen) atoms. The van der Waals surface area contributed by atoms with E-state index in [2.05, 4.69) is 0 Å². The minimum atomic E-state index is -3.34. The minimum Gasteiger partial charge on any atom is -0.284 e. The quantitative estimate of drug-likeness (QED) is 0.873. The molecule has 2 aromatic rings. The topological polar surface area (TPSA) is 56.1 Å². The summed E-state index contributed by atoms with van der Waals surface area (Å²) in [6.07, 6.45) is -0.578. The Hall–Kier alpha value is -2.02. The lowest BCUT2D eigenvalue weighted by atomic mass is 10.2. The summed E-state index contributed by atoms with van der Waals surface area (Å²) in [6.45, 7) is 0. The highest BCUT2D eigenvalue weighted by Crippen LogP contribution is 2.18. The van der Waals surface area contributed by atoms with Gasteiger partial charge in [0, 0.05) is 29.8 Å². The first kappa shape index (κ1) is 14.4. The number of pyridine rings is 1. The van der Waals surface area contributed by atoms with E-state index in [1.807, 2.05) is 0 Å². The van der Waals surface area contributed by atoms with Crippen molar-refractivity contribution in [3.05, 3.63) is 58.5 Å². The summed E-state index contributed by atoms with van der Waals surface area (Å²) >= 11 is 0. The summed E-state index contributed by atoms with van der Waals surface area (Å²) in [7, 11) is -3.34. The highest BCUT2D eigenvalue weighted by molar-refractivity contribution is 7.90. The van der Waals surface area contributed by atoms with Crippen molar-refractivity contribution in [1.29, 1.82) is 0 Å². The zero-order valence-corrected chi connectivity index (χ0v) is 11.3. The Labute approximate surface area is 114 Å². The third-order valence-electron chi connectivity index (χ3n) is 2.73. The molecular weight excluding hydrogens is 288 g/mol. The Morgan fingerprint density at radius 2 is 1.65 bits per heavy atom. The Kier molecular flexibility index (Phi) is 3.71. The van der Waals surface area contributed by atoms with Gasteiger partial charge in [-0.15, -0.1) is 0 Å². The molecule has 1 aromatic carbocycles. The Bertz CT molecular complexity index is 780. The molecule has 0 radical (unpaired) electrons. The van der Waals surface area contributed by atoms with Gasteiger partial charge in [-0.05, 0) is 30.3 Å². The number of halogens is 2. The third-order valence-corrected chi connectivity index (χ3v) is 3.86. The van der Waals surface area contributed by atoms with Gasteiger partial charge in [0.1, 0.15) is 0 Å². The van der Waals surface area contributed by atoms with Gasteiger partial charge in [-0.3, -0.25) is 9.36 Å². The lowest BCUT2D eigenvalue weighted by Crippen LogP contribution is -2.17. The molecule has 0 aliphatic heterocycles. The second-order valence-electron chi connectivity index (χ2n) is 4.24. The number of aromatic nitrogens is 1. The van der Waals surface area contributed by atoms with Gasteiger partial charge in [-0.2, -0.15) is 0 Å². The smallest absolute Gasteiger partial charge is 0.265 e. The van der Waals surface area contributed by atoms with Gasteiger partial charge >= 0.3 is 0 Å². The van der Waals surface area contributed by atoms with Crippen molar-refractivity contribution in [2.45, 2.75) is 11.3 Å². The lowest BCUT2D eigenvalue weighted by molar-refractivity contribution is 0.150. The van der Waals surface area contributed by atoms with Crippen molar-refractivity contribution >= 4 is 9.84 Å². The van der Waals surface area contributed by atoms with Crippen molar-refractivity contribution in [2.24, 2.45) is 0 Å². The van der Waals surface area contributed by atoms with Crippen LogP contribution in [0.4, 0.5) is 8.78 Å². The van der Waals surface area contributed by atoms with Crippen LogP contribution in [0.1, 0.15) is 12.0 Å². The fourth-order valence-corrected chi connectivity index (χ4v) is 2.32. The Morgan fingerprint density at radius 3 is 2.15 bits per heavy atom. The molecule has 0 aliphatic rings. The average Bonchev–Trinajstić information content (AvgIpc) is 2.38. The largest absolute Gasteiger partial charge is 0.284 e. The molecule has 0 N–H and O–H groups in total. The van der Waals surface area contributed by atoms with E-state index in [1.165, 1.54) is 24.3 Å². The molecule has 0 atom stereocenters. The SMILES string of the molecule is CS(=O)(=O)c1ccc(-n2cc(C(F)F)ccc2=O)cc1. The number of alkyl halides is 2. The molecule has 7 heteroatoms. The minimum absolute atomic E-state index is 0.0966. The van der Waals surface area contributed by atoms with Gasteiger partial charge in [0.05, 0.1) is 4.90 Å². The highest BCUT2D eigenvalue weighted by atomic mass is 32.2. The molecule has 4 nitrogen and oxygen atoms in total. The molecule has 0 bridgehead atoms. The van der Waals surface area contributed by atoms with Crippen molar-refractivity contribution in [3.8, 4) is 5.69 Å². The molecule has 0 amide bonds. The van der Waals surface area contributed by atoms with E-state index < -0.39 is 21.8 Å². The molecule has 0 saturated heterocycles. The Balaban J connectivity index is 2.52. The predicted octanol–water partition coefficient (Wildman–Crippen LogP) is 2.18. The first-order valence-electron chi connectivity index (χ1n) is 5.60. The average molecular weight is 299 g/mol. The van der Waals surface area contributed by atoms with E-state index in [4.69, 9.17) is 0 Å². The van der Waals surface area contributed by atoms with Crippen molar-refractivity contribution in [3.63, 3.8) is 0 Å². The van der Waals surface area contributed by atoms with E-state index in [-0.39, 0.29) is 10.5 Å². The van der Waals surface area contributed by atoms with E-state index in [1.54, 1.807) is 0 Å². The summed E-state index contributed by atoms with van der Waals surface area (Å²) in [6, 6.07) is 7.55. The van der Waals surface area contributed by atoms with E-state index >= 15 is 0 Å². The van der Waals surface area contributed by atoms with Gasteiger partial charge in [-0.25, -0.2) is 17.2 Å². The summed E-state index contributed by atoms with van der Waals surface area (Å²) in [5.41, 5.74) is -0.428. The normalized spacial score (nSPS) is 11.8. The highest BCUT2D eigenvalue weighted by Gasteiger charge is 2.11. The van der Waals surface area contributed by atoms with E-state index in [0.717, 1.165) is 29.2 Å². The zero-order chi connectivity index (χ0) is 14.9. The second kappa shape index (κ2) is 5.16. The summed E-state index contributed by atoms with van der Waals surface area (Å²) in [4.78, 5) is 11.8. The number of hydrogen-bond acceptors (Lipinski definition) is 3. The maximum absolute atomic E-state index is 12.6. The summed E-state index contributed by atoms with van der Waals surface area (Å²) in [5, 5.41) is 0. The molecular formula is C13H11F2NO3S. The molecule has 0 spiro atoms. The van der Waals surface area contributed by atoms with Crippen LogP contribution in [0.3, 0.4) is 0 Å². The van der Waals surface area contributed by atoms with Gasteiger partial charge in [0.15, 0.2) is 9.84 Å². The van der Waals surface area contributed by atoms with E-state index in [0.29, 0.717) is 5.69 Å². The summed E-state index contributed by atoms with van der Waals surface area (Å²) < 4.78 is 48.9. The van der Waals surface area contributed by atoms with Crippen LogP contribution in [0.2, 0.25) is 0 Å². The molecule has 0 saturated carbocycles. The lowest BCUT2D eigenvalue weighted by Gasteiger charge is -2.08. The van der Waals surface area contributed by atoms with Crippen LogP contribution in [0, 0.1) is 0 Å². The van der Waals surface area contributed by atoms with Crippen LogP contribution in [-0.2, 0) is 9.84 Å². The summed E-state index contributed by atoms with van der Waals surface area (Å²) in [5.74, 6) is 0. The molecule has 1 heterocycles. The fraction of sp³-hybridized carbons (Fsp3) is 0.154. The molecule has 106 valence electrons. The number of nitrogens with zero attached hydrogens (tertiary/aromatic N) is 1. The molecule has 0 aliphatic carbocycles. The van der Waals surface area contributed by atoms with Gasteiger partial charge in [0.25, 0.3) is 12.0 Å². The fourth-order valence-electron chi connectivity index (χ4n) is 1.69.